The van der Waals surface area contributed by atoms with Crippen molar-refractivity contribution in [1.82, 2.24) is 24.5 Å². The van der Waals surface area contributed by atoms with Crippen molar-refractivity contribution < 1.29 is 9.47 Å². The number of anilines is 1. The number of benzene rings is 1. The molecular weight excluding hydrogens is 356 g/mol. The number of morpholine rings is 1. The molecule has 0 atom stereocenters. The van der Waals surface area contributed by atoms with Gasteiger partial charge in [0.1, 0.15) is 11.2 Å². The zero-order chi connectivity index (χ0) is 18.9. The van der Waals surface area contributed by atoms with E-state index in [2.05, 4.69) is 39.1 Å². The predicted octanol–water partition coefficient (Wildman–Crippen LogP) is 2.46. The lowest BCUT2D eigenvalue weighted by atomic mass is 10.1. The van der Waals surface area contributed by atoms with Crippen molar-refractivity contribution in [3.05, 3.63) is 36.8 Å². The first-order valence-corrected chi connectivity index (χ1v) is 9.45. The Morgan fingerprint density at radius 1 is 1.18 bits per heavy atom. The van der Waals surface area contributed by atoms with E-state index in [9.17, 15) is 0 Å². The van der Waals surface area contributed by atoms with E-state index < -0.39 is 0 Å². The first-order valence-electron chi connectivity index (χ1n) is 9.45. The number of hydrogen-bond acceptors (Lipinski definition) is 6. The number of nitrogens with zero attached hydrogens (tertiary/aromatic N) is 5. The molecule has 0 unspecified atom stereocenters. The molecule has 0 radical (unpaired) electrons. The van der Waals surface area contributed by atoms with Crippen molar-refractivity contribution in [1.29, 1.82) is 0 Å². The van der Waals surface area contributed by atoms with Crippen molar-refractivity contribution >= 4 is 28.0 Å². The molecule has 28 heavy (non-hydrogen) atoms. The number of aromatic nitrogens is 5. The minimum absolute atomic E-state index is 0.603. The minimum Gasteiger partial charge on any atom is -0.383 e. The van der Waals surface area contributed by atoms with Crippen LogP contribution >= 0.6 is 0 Å². The zero-order valence-electron chi connectivity index (χ0n) is 15.8. The Morgan fingerprint density at radius 2 is 2.07 bits per heavy atom. The topological polar surface area (TPSA) is 81.1 Å². The lowest BCUT2D eigenvalue weighted by Crippen LogP contribution is -2.37. The van der Waals surface area contributed by atoms with Gasteiger partial charge in [0.15, 0.2) is 5.65 Å². The van der Waals surface area contributed by atoms with Crippen molar-refractivity contribution in [2.45, 2.75) is 6.54 Å². The van der Waals surface area contributed by atoms with E-state index in [1.165, 1.54) is 5.39 Å². The average Bonchev–Trinajstić information content (AvgIpc) is 3.38. The van der Waals surface area contributed by atoms with Gasteiger partial charge in [0.25, 0.3) is 0 Å². The van der Waals surface area contributed by atoms with Gasteiger partial charge in [-0.25, -0.2) is 9.97 Å². The maximum Gasteiger partial charge on any atom is 0.228 e. The largest absolute Gasteiger partial charge is 0.383 e. The number of H-pyrrole nitrogens is 1. The van der Waals surface area contributed by atoms with Crippen LogP contribution in [0.5, 0.6) is 0 Å². The molecule has 1 fully saturated rings. The molecule has 1 saturated heterocycles. The van der Waals surface area contributed by atoms with E-state index in [-0.39, 0.29) is 0 Å². The summed E-state index contributed by atoms with van der Waals surface area (Å²) in [7, 11) is 1.70. The number of rotatable bonds is 5. The molecule has 0 aliphatic carbocycles. The number of fused-ring (bicyclic) bond motifs is 2. The quantitative estimate of drug-likeness (QED) is 0.575. The maximum absolute atomic E-state index is 5.49. The van der Waals surface area contributed by atoms with Gasteiger partial charge in [-0.15, -0.1) is 0 Å². The van der Waals surface area contributed by atoms with Crippen LogP contribution in [0.4, 0.5) is 5.95 Å². The van der Waals surface area contributed by atoms with E-state index in [0.717, 1.165) is 47.0 Å². The van der Waals surface area contributed by atoms with E-state index in [1.807, 2.05) is 17.1 Å². The fourth-order valence-corrected chi connectivity index (χ4v) is 3.59. The molecule has 1 aromatic carbocycles. The molecule has 0 saturated carbocycles. The average molecular weight is 378 g/mol. The molecule has 0 spiro atoms. The number of hydrogen-bond donors (Lipinski definition) is 1. The summed E-state index contributed by atoms with van der Waals surface area (Å²) in [4.78, 5) is 19.8. The number of nitrogens with one attached hydrogen (secondary N) is 1. The van der Waals surface area contributed by atoms with Crippen molar-refractivity contribution in [3.63, 3.8) is 0 Å². The Kier molecular flexibility index (Phi) is 4.42. The summed E-state index contributed by atoms with van der Waals surface area (Å²) >= 11 is 0. The van der Waals surface area contributed by atoms with Gasteiger partial charge < -0.3 is 23.9 Å². The predicted molar refractivity (Wildman–Crippen MR) is 108 cm³/mol. The lowest BCUT2D eigenvalue weighted by Gasteiger charge is -2.27. The van der Waals surface area contributed by atoms with Crippen LogP contribution in [-0.2, 0) is 16.0 Å². The fraction of sp³-hybridized carbons (Fsp3) is 0.350. The van der Waals surface area contributed by atoms with Crippen LogP contribution in [0.25, 0.3) is 33.3 Å². The van der Waals surface area contributed by atoms with Gasteiger partial charge in [-0.3, -0.25) is 0 Å². The van der Waals surface area contributed by atoms with E-state index in [1.54, 1.807) is 7.11 Å². The molecule has 4 heterocycles. The Labute approximate surface area is 162 Å². The molecule has 5 rings (SSSR count). The first kappa shape index (κ1) is 17.2. The molecule has 0 bridgehead atoms. The molecule has 1 aliphatic heterocycles. The van der Waals surface area contributed by atoms with Crippen molar-refractivity contribution in [2.75, 3.05) is 44.9 Å². The monoisotopic (exact) mass is 378 g/mol. The van der Waals surface area contributed by atoms with Crippen molar-refractivity contribution in [2.24, 2.45) is 0 Å². The number of ether oxygens (including phenoxy) is 2. The maximum atomic E-state index is 5.49. The van der Waals surface area contributed by atoms with Gasteiger partial charge >= 0.3 is 0 Å². The standard InChI is InChI=1S/C20H22N6O2/c1-27-9-6-26-13-22-18-17(15-3-2-14-4-5-21-16(14)12-15)23-20(24-19(18)26)25-7-10-28-11-8-25/h2-5,12-13,21H,6-11H2,1H3. The molecule has 0 amide bonds. The molecule has 144 valence electrons. The van der Waals surface area contributed by atoms with Crippen LogP contribution in [0.3, 0.4) is 0 Å². The summed E-state index contributed by atoms with van der Waals surface area (Å²) in [5, 5.41) is 1.17. The van der Waals surface area contributed by atoms with Crippen LogP contribution in [-0.4, -0.2) is 64.5 Å². The third kappa shape index (κ3) is 3.00. The molecule has 8 heteroatoms. The molecule has 4 aromatic rings. The second-order valence-electron chi connectivity index (χ2n) is 6.85. The third-order valence-electron chi connectivity index (χ3n) is 5.11. The highest BCUT2D eigenvalue weighted by molar-refractivity contribution is 5.92. The smallest absolute Gasteiger partial charge is 0.228 e. The van der Waals surface area contributed by atoms with Gasteiger partial charge in [-0.2, -0.15) is 4.98 Å². The lowest BCUT2D eigenvalue weighted by molar-refractivity contribution is 0.122. The van der Waals surface area contributed by atoms with Crippen LogP contribution in [0, 0.1) is 0 Å². The van der Waals surface area contributed by atoms with Gasteiger partial charge in [-0.05, 0) is 17.5 Å². The van der Waals surface area contributed by atoms with E-state index in [4.69, 9.17) is 19.4 Å². The van der Waals surface area contributed by atoms with Crippen LogP contribution in [0.1, 0.15) is 0 Å². The van der Waals surface area contributed by atoms with Gasteiger partial charge in [0.2, 0.25) is 5.95 Å². The van der Waals surface area contributed by atoms with Gasteiger partial charge in [-0.1, -0.05) is 12.1 Å². The Morgan fingerprint density at radius 3 is 2.93 bits per heavy atom. The second-order valence-corrected chi connectivity index (χ2v) is 6.85. The summed E-state index contributed by atoms with van der Waals surface area (Å²) in [6, 6.07) is 8.38. The van der Waals surface area contributed by atoms with E-state index >= 15 is 0 Å². The van der Waals surface area contributed by atoms with Crippen molar-refractivity contribution in [3.8, 4) is 11.3 Å². The number of imidazole rings is 1. The summed E-state index contributed by atoms with van der Waals surface area (Å²) in [5.74, 6) is 0.719. The zero-order valence-corrected chi connectivity index (χ0v) is 15.8. The molecule has 1 N–H and O–H groups in total. The van der Waals surface area contributed by atoms with Crippen LogP contribution < -0.4 is 4.90 Å². The highest BCUT2D eigenvalue weighted by Crippen LogP contribution is 2.29. The Balaban J connectivity index is 1.67. The van der Waals surface area contributed by atoms with Crippen LogP contribution in [0.2, 0.25) is 0 Å². The fourth-order valence-electron chi connectivity index (χ4n) is 3.59. The third-order valence-corrected chi connectivity index (χ3v) is 5.11. The number of methoxy groups -OCH3 is 1. The summed E-state index contributed by atoms with van der Waals surface area (Å²) in [6.07, 6.45) is 3.76. The number of aromatic amines is 1. The Bertz CT molecular complexity index is 1110. The molecule has 3 aromatic heterocycles. The second kappa shape index (κ2) is 7.21. The summed E-state index contributed by atoms with van der Waals surface area (Å²) < 4.78 is 12.8. The minimum atomic E-state index is 0.603. The molecule has 8 nitrogen and oxygen atoms in total. The first-order chi connectivity index (χ1) is 13.8. The molecular formula is C20H22N6O2. The van der Waals surface area contributed by atoms with Crippen LogP contribution in [0.15, 0.2) is 36.8 Å². The van der Waals surface area contributed by atoms with E-state index in [0.29, 0.717) is 26.4 Å². The highest BCUT2D eigenvalue weighted by atomic mass is 16.5. The Hall–Kier alpha value is -2.97. The normalized spacial score (nSPS) is 15.0. The van der Waals surface area contributed by atoms with Gasteiger partial charge in [0.05, 0.1) is 26.1 Å². The highest BCUT2D eigenvalue weighted by Gasteiger charge is 2.20. The molecule has 1 aliphatic rings. The SMILES string of the molecule is COCCn1cnc2c(-c3ccc4cc[nH]c4c3)nc(N3CCOCC3)nc21. The summed E-state index contributed by atoms with van der Waals surface area (Å²) in [5.41, 5.74) is 4.58. The van der Waals surface area contributed by atoms with Gasteiger partial charge in [0, 0.05) is 44.0 Å². The summed E-state index contributed by atoms with van der Waals surface area (Å²) in [6.45, 7) is 4.25.